The quantitative estimate of drug-likeness (QED) is 0.760. The van der Waals surface area contributed by atoms with Crippen molar-refractivity contribution >= 4 is 10.9 Å². The molecule has 0 aliphatic heterocycles. The van der Waals surface area contributed by atoms with Gasteiger partial charge in [0.15, 0.2) is 0 Å². The largest absolute Gasteiger partial charge is 0.384 e. The van der Waals surface area contributed by atoms with Crippen LogP contribution in [0.4, 0.5) is 0 Å². The molecule has 0 spiro atoms. The molecule has 1 atom stereocenters. The van der Waals surface area contributed by atoms with Crippen LogP contribution in [0, 0.1) is 20.8 Å². The summed E-state index contributed by atoms with van der Waals surface area (Å²) in [6, 6.07) is 16.1. The van der Waals surface area contributed by atoms with Crippen molar-refractivity contribution < 1.29 is 5.11 Å². The van der Waals surface area contributed by atoms with E-state index in [0.29, 0.717) is 0 Å². The van der Waals surface area contributed by atoms with E-state index in [2.05, 4.69) is 18.0 Å². The lowest BCUT2D eigenvalue weighted by Gasteiger charge is -2.17. The maximum absolute atomic E-state index is 10.9. The number of hydrogen-bond acceptors (Lipinski definition) is 2. The Morgan fingerprint density at radius 1 is 0.905 bits per heavy atom. The van der Waals surface area contributed by atoms with Gasteiger partial charge in [-0.05, 0) is 49.6 Å². The molecule has 3 rings (SSSR count). The highest BCUT2D eigenvalue weighted by Crippen LogP contribution is 2.30. The molecule has 3 aromatic rings. The Labute approximate surface area is 125 Å². The normalized spacial score (nSPS) is 12.6. The number of fused-ring (bicyclic) bond motifs is 1. The van der Waals surface area contributed by atoms with Crippen molar-refractivity contribution in [3.63, 3.8) is 0 Å². The fourth-order valence-electron chi connectivity index (χ4n) is 2.87. The second-order valence-electron chi connectivity index (χ2n) is 5.63. The number of aryl methyl sites for hydroxylation is 3. The minimum atomic E-state index is -0.628. The molecule has 0 radical (unpaired) electrons. The predicted octanol–water partition coefficient (Wildman–Crippen LogP) is 4.24. The van der Waals surface area contributed by atoms with E-state index in [4.69, 9.17) is 0 Å². The number of aromatic nitrogens is 1. The first-order valence-corrected chi connectivity index (χ1v) is 7.18. The Morgan fingerprint density at radius 2 is 1.67 bits per heavy atom. The molecule has 0 saturated heterocycles. The molecule has 21 heavy (non-hydrogen) atoms. The van der Waals surface area contributed by atoms with Crippen LogP contribution in [0.5, 0.6) is 0 Å². The van der Waals surface area contributed by atoms with Gasteiger partial charge in [-0.1, -0.05) is 42.0 Å². The van der Waals surface area contributed by atoms with Crippen LogP contribution < -0.4 is 0 Å². The molecule has 0 bridgehead atoms. The first-order chi connectivity index (χ1) is 10.1. The van der Waals surface area contributed by atoms with Crippen LogP contribution in [-0.2, 0) is 0 Å². The van der Waals surface area contributed by atoms with Gasteiger partial charge in [-0.3, -0.25) is 4.98 Å². The number of aliphatic hydroxyl groups is 1. The number of pyridine rings is 1. The van der Waals surface area contributed by atoms with E-state index in [1.54, 1.807) is 0 Å². The number of nitrogens with zero attached hydrogens (tertiary/aromatic N) is 1. The van der Waals surface area contributed by atoms with Gasteiger partial charge in [0.1, 0.15) is 6.10 Å². The lowest BCUT2D eigenvalue weighted by atomic mass is 9.93. The van der Waals surface area contributed by atoms with Crippen molar-refractivity contribution in [1.29, 1.82) is 0 Å². The smallest absolute Gasteiger partial charge is 0.105 e. The molecule has 2 nitrogen and oxygen atoms in total. The highest BCUT2D eigenvalue weighted by Gasteiger charge is 2.16. The fraction of sp³-hybridized carbons (Fsp3) is 0.211. The summed E-state index contributed by atoms with van der Waals surface area (Å²) in [4.78, 5) is 4.54. The average molecular weight is 277 g/mol. The summed E-state index contributed by atoms with van der Waals surface area (Å²) in [5.41, 5.74) is 6.05. The van der Waals surface area contributed by atoms with Crippen molar-refractivity contribution in [3.05, 3.63) is 76.5 Å². The summed E-state index contributed by atoms with van der Waals surface area (Å²) in [7, 11) is 0. The number of hydrogen-bond donors (Lipinski definition) is 1. The van der Waals surface area contributed by atoms with E-state index >= 15 is 0 Å². The summed E-state index contributed by atoms with van der Waals surface area (Å²) < 4.78 is 0. The molecule has 0 aliphatic rings. The Morgan fingerprint density at radius 3 is 2.43 bits per heavy atom. The molecular formula is C19H19NO. The van der Waals surface area contributed by atoms with Gasteiger partial charge in [-0.25, -0.2) is 0 Å². The highest BCUT2D eigenvalue weighted by molar-refractivity contribution is 5.83. The first-order valence-electron chi connectivity index (χ1n) is 7.18. The van der Waals surface area contributed by atoms with E-state index in [0.717, 1.165) is 33.3 Å². The number of para-hydroxylation sites is 1. The van der Waals surface area contributed by atoms with Crippen LogP contribution in [0.15, 0.2) is 48.5 Å². The molecule has 2 heteroatoms. The topological polar surface area (TPSA) is 33.1 Å². The van der Waals surface area contributed by atoms with E-state index in [9.17, 15) is 5.11 Å². The van der Waals surface area contributed by atoms with Crippen molar-refractivity contribution in [1.82, 2.24) is 4.98 Å². The monoisotopic (exact) mass is 277 g/mol. The molecule has 0 amide bonds. The molecule has 1 heterocycles. The molecule has 106 valence electrons. The molecule has 0 aliphatic carbocycles. The van der Waals surface area contributed by atoms with E-state index in [-0.39, 0.29) is 0 Å². The third kappa shape index (κ3) is 2.55. The molecular weight excluding hydrogens is 258 g/mol. The second kappa shape index (κ2) is 5.30. The maximum atomic E-state index is 10.9. The molecule has 1 N–H and O–H groups in total. The zero-order valence-electron chi connectivity index (χ0n) is 12.6. The van der Waals surface area contributed by atoms with Gasteiger partial charge < -0.3 is 5.11 Å². The van der Waals surface area contributed by atoms with Crippen LogP contribution in [-0.4, -0.2) is 10.1 Å². The summed E-state index contributed by atoms with van der Waals surface area (Å²) in [5.74, 6) is 0. The van der Waals surface area contributed by atoms with Gasteiger partial charge in [-0.15, -0.1) is 0 Å². The standard InChI is InChI=1S/C19H19NO/c1-12-8-9-15(13(2)10-12)19(21)17-11-14(3)20-18-7-5-4-6-16(17)18/h4-11,19,21H,1-3H3. The van der Waals surface area contributed by atoms with Crippen molar-refractivity contribution in [2.45, 2.75) is 26.9 Å². The summed E-state index contributed by atoms with van der Waals surface area (Å²) in [6.45, 7) is 6.07. The molecule has 1 unspecified atom stereocenters. The Kier molecular flexibility index (Phi) is 3.48. The van der Waals surface area contributed by atoms with Crippen LogP contribution in [0.2, 0.25) is 0 Å². The SMILES string of the molecule is Cc1ccc(C(O)c2cc(C)nc3ccccc23)c(C)c1. The van der Waals surface area contributed by atoms with Gasteiger partial charge >= 0.3 is 0 Å². The second-order valence-corrected chi connectivity index (χ2v) is 5.63. The van der Waals surface area contributed by atoms with Crippen LogP contribution in [0.3, 0.4) is 0 Å². The predicted molar refractivity (Wildman–Crippen MR) is 86.5 cm³/mol. The lowest BCUT2D eigenvalue weighted by Crippen LogP contribution is -2.04. The third-order valence-corrected chi connectivity index (χ3v) is 3.89. The van der Waals surface area contributed by atoms with E-state index in [1.165, 1.54) is 5.56 Å². The van der Waals surface area contributed by atoms with Crippen molar-refractivity contribution in [3.8, 4) is 0 Å². The zero-order chi connectivity index (χ0) is 15.0. The van der Waals surface area contributed by atoms with Crippen LogP contribution in [0.1, 0.15) is 34.1 Å². The Hall–Kier alpha value is -2.19. The van der Waals surface area contributed by atoms with E-state index in [1.807, 2.05) is 56.3 Å². The Balaban J connectivity index is 2.19. The van der Waals surface area contributed by atoms with Crippen LogP contribution in [0.25, 0.3) is 10.9 Å². The first kappa shape index (κ1) is 13.8. The average Bonchev–Trinajstić information content (AvgIpc) is 2.45. The van der Waals surface area contributed by atoms with Gasteiger partial charge in [0.25, 0.3) is 0 Å². The van der Waals surface area contributed by atoms with Gasteiger partial charge in [-0.2, -0.15) is 0 Å². The highest BCUT2D eigenvalue weighted by atomic mass is 16.3. The molecule has 1 aromatic heterocycles. The number of aliphatic hydroxyl groups excluding tert-OH is 1. The number of benzene rings is 2. The minimum Gasteiger partial charge on any atom is -0.384 e. The zero-order valence-corrected chi connectivity index (χ0v) is 12.6. The van der Waals surface area contributed by atoms with E-state index < -0.39 is 6.10 Å². The summed E-state index contributed by atoms with van der Waals surface area (Å²) >= 11 is 0. The molecule has 2 aromatic carbocycles. The summed E-state index contributed by atoms with van der Waals surface area (Å²) in [6.07, 6.45) is -0.628. The fourth-order valence-corrected chi connectivity index (χ4v) is 2.87. The van der Waals surface area contributed by atoms with Gasteiger partial charge in [0.05, 0.1) is 5.52 Å². The van der Waals surface area contributed by atoms with Crippen molar-refractivity contribution in [2.24, 2.45) is 0 Å². The maximum Gasteiger partial charge on any atom is 0.105 e. The minimum absolute atomic E-state index is 0.628. The Bertz CT molecular complexity index is 808. The van der Waals surface area contributed by atoms with Crippen molar-refractivity contribution in [2.75, 3.05) is 0 Å². The number of rotatable bonds is 2. The summed E-state index contributed by atoms with van der Waals surface area (Å²) in [5, 5.41) is 11.9. The lowest BCUT2D eigenvalue weighted by molar-refractivity contribution is 0.221. The molecule has 0 saturated carbocycles. The van der Waals surface area contributed by atoms with Gasteiger partial charge in [0, 0.05) is 11.1 Å². The van der Waals surface area contributed by atoms with Gasteiger partial charge in [0.2, 0.25) is 0 Å². The third-order valence-electron chi connectivity index (χ3n) is 3.89. The molecule has 0 fully saturated rings. The van der Waals surface area contributed by atoms with Crippen LogP contribution >= 0.6 is 0 Å².